The number of pyridine rings is 1. The lowest BCUT2D eigenvalue weighted by molar-refractivity contribution is 0.0735. The maximum absolute atomic E-state index is 13.0. The van der Waals surface area contributed by atoms with Gasteiger partial charge in [-0.15, -0.1) is 0 Å². The molecule has 2 aliphatic rings. The summed E-state index contributed by atoms with van der Waals surface area (Å²) < 4.78 is 25.5. The second kappa shape index (κ2) is 6.72. The van der Waals surface area contributed by atoms with Crippen LogP contribution in [0.25, 0.3) is 0 Å². The summed E-state index contributed by atoms with van der Waals surface area (Å²) in [5.74, 6) is 0.176. The second-order valence-electron chi connectivity index (χ2n) is 6.73. The molecule has 1 aromatic carbocycles. The van der Waals surface area contributed by atoms with E-state index in [9.17, 15) is 13.2 Å². The smallest absolute Gasteiger partial charge is 0.254 e. The summed E-state index contributed by atoms with van der Waals surface area (Å²) in [6.07, 6.45) is 6.07. The minimum Gasteiger partial charge on any atom is -0.332 e. The Hall–Kier alpha value is -2.41. The van der Waals surface area contributed by atoms with Crippen LogP contribution in [0.15, 0.2) is 48.8 Å². The Morgan fingerprint density at radius 1 is 1.00 bits per heavy atom. The summed E-state index contributed by atoms with van der Waals surface area (Å²) in [6, 6.07) is 10.9. The highest BCUT2D eigenvalue weighted by atomic mass is 32.2. The number of carbonyl (C=O) groups excluding carboxylic acids is 1. The molecular formula is C19H21N3O3S. The van der Waals surface area contributed by atoms with Crippen LogP contribution in [0.3, 0.4) is 0 Å². The molecule has 2 saturated heterocycles. The largest absolute Gasteiger partial charge is 0.332 e. The lowest BCUT2D eigenvalue weighted by atomic mass is 10.1. The van der Waals surface area contributed by atoms with Crippen LogP contribution in [0, 0.1) is 0 Å². The quantitative estimate of drug-likeness (QED) is 0.831. The van der Waals surface area contributed by atoms with E-state index in [-0.39, 0.29) is 17.7 Å². The SMILES string of the molecule is O=C(c1ccc(N2CCCS2(=O)=O)cc1)N1CCCC1c1ccncc1. The highest BCUT2D eigenvalue weighted by Gasteiger charge is 2.31. The molecule has 2 fully saturated rings. The van der Waals surface area contributed by atoms with Crippen molar-refractivity contribution < 1.29 is 13.2 Å². The fourth-order valence-corrected chi connectivity index (χ4v) is 5.37. The summed E-state index contributed by atoms with van der Waals surface area (Å²) in [5.41, 5.74) is 2.32. The van der Waals surface area contributed by atoms with E-state index in [1.165, 1.54) is 4.31 Å². The minimum atomic E-state index is -3.20. The van der Waals surface area contributed by atoms with Gasteiger partial charge in [-0.05, 0) is 61.2 Å². The van der Waals surface area contributed by atoms with E-state index < -0.39 is 10.0 Å². The van der Waals surface area contributed by atoms with E-state index in [0.29, 0.717) is 24.2 Å². The van der Waals surface area contributed by atoms with Crippen molar-refractivity contribution in [3.05, 3.63) is 59.9 Å². The van der Waals surface area contributed by atoms with E-state index in [1.54, 1.807) is 36.7 Å². The molecule has 2 aliphatic heterocycles. The number of hydrogen-bond acceptors (Lipinski definition) is 4. The van der Waals surface area contributed by atoms with E-state index in [2.05, 4.69) is 4.98 Å². The number of amides is 1. The average Bonchev–Trinajstić information content (AvgIpc) is 3.28. The predicted molar refractivity (Wildman–Crippen MR) is 99.4 cm³/mol. The molecule has 3 heterocycles. The molecular weight excluding hydrogens is 350 g/mol. The lowest BCUT2D eigenvalue weighted by Crippen LogP contribution is -2.30. The Labute approximate surface area is 153 Å². The van der Waals surface area contributed by atoms with Crippen molar-refractivity contribution in [1.82, 2.24) is 9.88 Å². The van der Waals surface area contributed by atoms with Crippen LogP contribution in [-0.4, -0.2) is 43.1 Å². The maximum Gasteiger partial charge on any atom is 0.254 e. The summed E-state index contributed by atoms with van der Waals surface area (Å²) >= 11 is 0. The third-order valence-electron chi connectivity index (χ3n) is 5.11. The zero-order valence-electron chi connectivity index (χ0n) is 14.4. The number of anilines is 1. The fourth-order valence-electron chi connectivity index (χ4n) is 3.81. The summed E-state index contributed by atoms with van der Waals surface area (Å²) in [5, 5.41) is 0. The molecule has 4 rings (SSSR count). The molecule has 136 valence electrons. The standard InChI is InChI=1S/C19H21N3O3S/c23-19(21-12-1-3-18(21)15-8-10-20-11-9-15)16-4-6-17(7-5-16)22-13-2-14-26(22,24)25/h4-11,18H,1-3,12-14H2. The van der Waals surface area contributed by atoms with Gasteiger partial charge in [0, 0.05) is 31.0 Å². The Balaban J connectivity index is 1.55. The number of sulfonamides is 1. The second-order valence-corrected chi connectivity index (χ2v) is 8.74. The van der Waals surface area contributed by atoms with Crippen LogP contribution in [-0.2, 0) is 10.0 Å². The van der Waals surface area contributed by atoms with Gasteiger partial charge < -0.3 is 4.90 Å². The highest BCUT2D eigenvalue weighted by molar-refractivity contribution is 7.93. The Morgan fingerprint density at radius 3 is 2.38 bits per heavy atom. The number of likely N-dealkylation sites (tertiary alicyclic amines) is 1. The molecule has 0 radical (unpaired) electrons. The van der Waals surface area contributed by atoms with Crippen molar-refractivity contribution in [1.29, 1.82) is 0 Å². The number of hydrogen-bond donors (Lipinski definition) is 0. The van der Waals surface area contributed by atoms with Crippen LogP contribution in [0.5, 0.6) is 0 Å². The third kappa shape index (κ3) is 3.07. The predicted octanol–water partition coefficient (Wildman–Crippen LogP) is 2.60. The van der Waals surface area contributed by atoms with Gasteiger partial charge in [-0.2, -0.15) is 0 Å². The Bertz CT molecular complexity index is 897. The summed E-state index contributed by atoms with van der Waals surface area (Å²) in [4.78, 5) is 18.9. The Morgan fingerprint density at radius 2 is 1.73 bits per heavy atom. The number of nitrogens with zero attached hydrogens (tertiary/aromatic N) is 3. The van der Waals surface area contributed by atoms with Crippen molar-refractivity contribution in [3.8, 4) is 0 Å². The van der Waals surface area contributed by atoms with Crippen molar-refractivity contribution >= 4 is 21.6 Å². The molecule has 7 heteroatoms. The first-order valence-corrected chi connectivity index (χ1v) is 10.5. The van der Waals surface area contributed by atoms with Gasteiger partial charge in [0.25, 0.3) is 5.91 Å². The molecule has 0 aliphatic carbocycles. The molecule has 0 bridgehead atoms. The van der Waals surface area contributed by atoms with Gasteiger partial charge in [-0.3, -0.25) is 14.1 Å². The van der Waals surface area contributed by atoms with Crippen molar-refractivity contribution in [3.63, 3.8) is 0 Å². The molecule has 26 heavy (non-hydrogen) atoms. The first kappa shape index (κ1) is 17.0. The van der Waals surface area contributed by atoms with Gasteiger partial charge in [0.2, 0.25) is 10.0 Å². The van der Waals surface area contributed by atoms with E-state index in [1.807, 2.05) is 17.0 Å². The monoisotopic (exact) mass is 371 g/mol. The van der Waals surface area contributed by atoms with Crippen LogP contribution in [0.2, 0.25) is 0 Å². The molecule has 1 atom stereocenters. The van der Waals surface area contributed by atoms with Gasteiger partial charge in [0.05, 0.1) is 17.5 Å². The van der Waals surface area contributed by atoms with Gasteiger partial charge in [0.1, 0.15) is 0 Å². The summed E-state index contributed by atoms with van der Waals surface area (Å²) in [6.45, 7) is 1.24. The zero-order chi connectivity index (χ0) is 18.1. The molecule has 0 saturated carbocycles. The van der Waals surface area contributed by atoms with E-state index >= 15 is 0 Å². The lowest BCUT2D eigenvalue weighted by Gasteiger charge is -2.25. The summed E-state index contributed by atoms with van der Waals surface area (Å²) in [7, 11) is -3.20. The zero-order valence-corrected chi connectivity index (χ0v) is 15.2. The van der Waals surface area contributed by atoms with Gasteiger partial charge in [-0.25, -0.2) is 8.42 Å². The molecule has 0 N–H and O–H groups in total. The first-order valence-electron chi connectivity index (χ1n) is 8.88. The van der Waals surface area contributed by atoms with Crippen molar-refractivity contribution in [2.24, 2.45) is 0 Å². The Kier molecular flexibility index (Phi) is 4.40. The molecule has 1 aromatic heterocycles. The average molecular weight is 371 g/mol. The number of aromatic nitrogens is 1. The van der Waals surface area contributed by atoms with Crippen LogP contribution < -0.4 is 4.31 Å². The maximum atomic E-state index is 13.0. The number of rotatable bonds is 3. The van der Waals surface area contributed by atoms with Gasteiger partial charge in [-0.1, -0.05) is 0 Å². The van der Waals surface area contributed by atoms with Gasteiger partial charge in [0.15, 0.2) is 0 Å². The topological polar surface area (TPSA) is 70.6 Å². The van der Waals surface area contributed by atoms with Crippen LogP contribution >= 0.6 is 0 Å². The van der Waals surface area contributed by atoms with Crippen LogP contribution in [0.4, 0.5) is 5.69 Å². The number of benzene rings is 1. The molecule has 6 nitrogen and oxygen atoms in total. The molecule has 1 unspecified atom stereocenters. The van der Waals surface area contributed by atoms with Crippen molar-refractivity contribution in [2.75, 3.05) is 23.1 Å². The molecule has 0 spiro atoms. The van der Waals surface area contributed by atoms with Crippen LogP contribution in [0.1, 0.15) is 41.2 Å². The highest BCUT2D eigenvalue weighted by Crippen LogP contribution is 2.33. The van der Waals surface area contributed by atoms with E-state index in [0.717, 1.165) is 24.9 Å². The number of carbonyl (C=O) groups is 1. The minimum absolute atomic E-state index is 0.0138. The van der Waals surface area contributed by atoms with Crippen molar-refractivity contribution in [2.45, 2.75) is 25.3 Å². The third-order valence-corrected chi connectivity index (χ3v) is 6.98. The fraction of sp³-hybridized carbons (Fsp3) is 0.368. The first-order chi connectivity index (χ1) is 12.6. The normalized spacial score (nSPS) is 21.9. The van der Waals surface area contributed by atoms with E-state index in [4.69, 9.17) is 0 Å². The molecule has 2 aromatic rings. The molecule has 1 amide bonds. The van der Waals surface area contributed by atoms with Gasteiger partial charge >= 0.3 is 0 Å².